The summed E-state index contributed by atoms with van der Waals surface area (Å²) >= 11 is 0. The van der Waals surface area contributed by atoms with Gasteiger partial charge in [-0.2, -0.15) is 0 Å². The van der Waals surface area contributed by atoms with Crippen LogP contribution in [-0.4, -0.2) is 22.7 Å². The monoisotopic (exact) mass is 144 g/mol. The van der Waals surface area contributed by atoms with Crippen molar-refractivity contribution in [1.82, 2.24) is 4.98 Å². The van der Waals surface area contributed by atoms with Gasteiger partial charge in [0.05, 0.1) is 0 Å². The van der Waals surface area contributed by atoms with Crippen molar-refractivity contribution < 1.29 is 14.8 Å². The molecule has 0 atom stereocenters. The topological polar surface area (TPSA) is 53.4 Å². The molecule has 0 saturated carbocycles. The molecule has 55 valence electrons. The third-order valence-electron chi connectivity index (χ3n) is 0.566. The molecule has 0 spiro atoms. The summed E-state index contributed by atoms with van der Waals surface area (Å²) in [5, 5.41) is 14.0. The van der Waals surface area contributed by atoms with Gasteiger partial charge in [-0.15, -0.1) is 0 Å². The lowest BCUT2D eigenvalue weighted by atomic mass is 10.5. The van der Waals surface area contributed by atoms with E-state index in [0.29, 0.717) is 0 Å². The largest absolute Gasteiger partial charge is 0.482 e. The molecule has 10 heavy (non-hydrogen) atoms. The molecule has 0 aliphatic carbocycles. The first-order chi connectivity index (χ1) is 4.41. The second-order valence-corrected chi connectivity index (χ2v) is 1.14. The van der Waals surface area contributed by atoms with Gasteiger partial charge in [0.2, 0.25) is 0 Å². The average Bonchev–Trinajstić information content (AvgIpc) is 1.93. The normalized spacial score (nSPS) is 6.20. The molecule has 1 rings (SSSR count). The van der Waals surface area contributed by atoms with Crippen molar-refractivity contribution in [3.63, 3.8) is 0 Å². The van der Waals surface area contributed by atoms with Gasteiger partial charge in [0.1, 0.15) is 0 Å². The number of hydrogen-bond donors (Lipinski definition) is 2. The number of halogens is 1. The molecule has 0 bridgehead atoms. The second-order valence-electron chi connectivity index (χ2n) is 1.14. The summed E-state index contributed by atoms with van der Waals surface area (Å²) in [6.45, 7) is 0. The molecule has 3 nitrogen and oxygen atoms in total. The van der Waals surface area contributed by atoms with Crippen LogP contribution in [0.25, 0.3) is 0 Å². The molecule has 0 aromatic carbocycles. The van der Waals surface area contributed by atoms with E-state index < -0.39 is 0 Å². The van der Waals surface area contributed by atoms with E-state index in [9.17, 15) is 0 Å². The maximum absolute atomic E-state index is 7.00. The van der Waals surface area contributed by atoms with Crippen molar-refractivity contribution in [3.8, 4) is 0 Å². The maximum atomic E-state index is 7.00. The Labute approximate surface area is 59.0 Å². The minimum atomic E-state index is 0. The third-order valence-corrected chi connectivity index (χ3v) is 0.566. The summed E-state index contributed by atoms with van der Waals surface area (Å²) in [6.07, 6.45) is 3.50. The standard InChI is InChI=1S/C5H5N.BH2O2.FH/c1-2-4-6-5-3-1;2-1-3;/h1-5H;2-3H;1H. The molecule has 0 fully saturated rings. The lowest BCUT2D eigenvalue weighted by Gasteiger charge is -1.70. The van der Waals surface area contributed by atoms with Gasteiger partial charge in [0.25, 0.3) is 0 Å². The minimum absolute atomic E-state index is 0. The fourth-order valence-corrected chi connectivity index (χ4v) is 0.313. The van der Waals surface area contributed by atoms with Gasteiger partial charge < -0.3 is 10.0 Å². The Morgan fingerprint density at radius 1 is 1.00 bits per heavy atom. The Morgan fingerprint density at radius 2 is 1.40 bits per heavy atom. The third kappa shape index (κ3) is 10.1. The Balaban J connectivity index is 0. The highest BCUT2D eigenvalue weighted by molar-refractivity contribution is 6.13. The summed E-state index contributed by atoms with van der Waals surface area (Å²) in [5.74, 6) is 0. The predicted octanol–water partition coefficient (Wildman–Crippen LogP) is -0.261. The molecule has 0 unspecified atom stereocenters. The Morgan fingerprint density at radius 3 is 1.50 bits per heavy atom. The lowest BCUT2D eigenvalue weighted by molar-refractivity contribution is 0.448. The highest BCUT2D eigenvalue weighted by Crippen LogP contribution is 1.73. The molecular formula is C5H8BFNO2. The molecule has 0 saturated heterocycles. The molecular weight excluding hydrogens is 136 g/mol. The van der Waals surface area contributed by atoms with E-state index in [1.165, 1.54) is 0 Å². The zero-order valence-corrected chi connectivity index (χ0v) is 5.21. The smallest absolute Gasteiger partial charge is 0.429 e. The summed E-state index contributed by atoms with van der Waals surface area (Å²) in [7, 11) is 0. The fourth-order valence-electron chi connectivity index (χ4n) is 0.313. The van der Waals surface area contributed by atoms with E-state index >= 15 is 0 Å². The molecule has 0 amide bonds. The predicted molar refractivity (Wildman–Crippen MR) is 36.9 cm³/mol. The van der Waals surface area contributed by atoms with Crippen molar-refractivity contribution in [2.75, 3.05) is 0 Å². The Hall–Kier alpha value is -0.935. The minimum Gasteiger partial charge on any atom is -0.429 e. The Bertz CT molecular complexity index is 103. The van der Waals surface area contributed by atoms with E-state index in [0.717, 1.165) is 0 Å². The van der Waals surface area contributed by atoms with Gasteiger partial charge in [-0.25, -0.2) is 0 Å². The summed E-state index contributed by atoms with van der Waals surface area (Å²) in [4.78, 5) is 3.78. The van der Waals surface area contributed by atoms with Gasteiger partial charge in [-0.1, -0.05) is 6.07 Å². The zero-order valence-electron chi connectivity index (χ0n) is 5.21. The number of nitrogens with zero attached hydrogens (tertiary/aromatic N) is 1. The van der Waals surface area contributed by atoms with Crippen LogP contribution in [0.1, 0.15) is 0 Å². The highest BCUT2D eigenvalue weighted by atomic mass is 19.0. The van der Waals surface area contributed by atoms with Crippen LogP contribution in [-0.2, 0) is 0 Å². The fraction of sp³-hybridized carbons (Fsp3) is 0. The van der Waals surface area contributed by atoms with E-state index in [1.807, 2.05) is 18.2 Å². The SMILES string of the molecule is F.O[B]O.c1ccncc1. The number of aromatic nitrogens is 1. The van der Waals surface area contributed by atoms with Crippen molar-refractivity contribution >= 4 is 7.69 Å². The molecule has 0 aliphatic rings. The Kier molecular flexibility index (Phi) is 12.9. The highest BCUT2D eigenvalue weighted by Gasteiger charge is 1.58. The number of hydrogen-bond acceptors (Lipinski definition) is 3. The van der Waals surface area contributed by atoms with Crippen LogP contribution in [0.15, 0.2) is 30.6 Å². The van der Waals surface area contributed by atoms with Crippen LogP contribution in [0, 0.1) is 0 Å². The van der Waals surface area contributed by atoms with Crippen molar-refractivity contribution in [2.24, 2.45) is 0 Å². The molecule has 0 aliphatic heterocycles. The van der Waals surface area contributed by atoms with Crippen molar-refractivity contribution in [2.45, 2.75) is 0 Å². The second kappa shape index (κ2) is 10.9. The van der Waals surface area contributed by atoms with Crippen LogP contribution in [0.3, 0.4) is 0 Å². The summed E-state index contributed by atoms with van der Waals surface area (Å²) in [5.41, 5.74) is 0. The van der Waals surface area contributed by atoms with Gasteiger partial charge in [-0.05, 0) is 12.1 Å². The van der Waals surface area contributed by atoms with E-state index in [1.54, 1.807) is 12.4 Å². The molecule has 1 aromatic heterocycles. The quantitative estimate of drug-likeness (QED) is 0.493. The molecule has 2 N–H and O–H groups in total. The lowest BCUT2D eigenvalue weighted by Crippen LogP contribution is -1.75. The molecule has 1 aromatic rings. The van der Waals surface area contributed by atoms with Crippen LogP contribution in [0.4, 0.5) is 4.70 Å². The van der Waals surface area contributed by atoms with E-state index in [4.69, 9.17) is 10.0 Å². The van der Waals surface area contributed by atoms with Gasteiger partial charge in [0, 0.05) is 12.4 Å². The van der Waals surface area contributed by atoms with E-state index in [2.05, 4.69) is 4.98 Å². The van der Waals surface area contributed by atoms with Gasteiger partial charge >= 0.3 is 7.69 Å². The average molecular weight is 144 g/mol. The first kappa shape index (κ1) is 11.8. The van der Waals surface area contributed by atoms with Crippen molar-refractivity contribution in [3.05, 3.63) is 30.6 Å². The first-order valence-corrected chi connectivity index (χ1v) is 2.37. The summed E-state index contributed by atoms with van der Waals surface area (Å²) < 4.78 is 0. The van der Waals surface area contributed by atoms with Crippen LogP contribution >= 0.6 is 0 Å². The summed E-state index contributed by atoms with van der Waals surface area (Å²) in [6, 6.07) is 5.72. The number of pyridine rings is 1. The van der Waals surface area contributed by atoms with E-state index in [-0.39, 0.29) is 12.4 Å². The van der Waals surface area contributed by atoms with Crippen LogP contribution < -0.4 is 0 Å². The molecule has 1 radical (unpaired) electrons. The van der Waals surface area contributed by atoms with Crippen LogP contribution in [0.5, 0.6) is 0 Å². The van der Waals surface area contributed by atoms with Gasteiger partial charge in [-0.3, -0.25) is 9.69 Å². The molecule has 1 heterocycles. The first-order valence-electron chi connectivity index (χ1n) is 2.37. The zero-order chi connectivity index (χ0) is 6.95. The number of rotatable bonds is 0. The van der Waals surface area contributed by atoms with Gasteiger partial charge in [0.15, 0.2) is 0 Å². The molecule has 5 heteroatoms. The van der Waals surface area contributed by atoms with Crippen molar-refractivity contribution in [1.29, 1.82) is 0 Å². The van der Waals surface area contributed by atoms with Crippen LogP contribution in [0.2, 0.25) is 0 Å². The maximum Gasteiger partial charge on any atom is 0.482 e.